The Bertz CT molecular complexity index is 1420. The number of benzene rings is 1. The topological polar surface area (TPSA) is 140 Å². The number of likely N-dealkylation sites (tertiary alicyclic amines) is 1. The first kappa shape index (κ1) is 27.4. The summed E-state index contributed by atoms with van der Waals surface area (Å²) >= 11 is 0. The first-order valence-electron chi connectivity index (χ1n) is 14.5. The Balaban J connectivity index is 1.18. The molecular formula is C30H36FN5O5. The van der Waals surface area contributed by atoms with Crippen LogP contribution in [-0.4, -0.2) is 71.0 Å². The molecule has 10 nitrogen and oxygen atoms in total. The molecule has 2 aromatic rings. The number of H-pyrrole nitrogens is 1. The van der Waals surface area contributed by atoms with Gasteiger partial charge in [-0.3, -0.25) is 19.2 Å². The molecule has 41 heavy (non-hydrogen) atoms. The monoisotopic (exact) mass is 565 g/mol. The molecule has 6 atom stereocenters. The van der Waals surface area contributed by atoms with Crippen molar-refractivity contribution in [3.63, 3.8) is 0 Å². The number of aromatic amines is 1. The van der Waals surface area contributed by atoms with Crippen LogP contribution in [0.4, 0.5) is 4.39 Å². The lowest BCUT2D eigenvalue weighted by molar-refractivity contribution is -0.142. The average molecular weight is 566 g/mol. The summed E-state index contributed by atoms with van der Waals surface area (Å²) in [6, 6.07) is 3.55. The molecular weight excluding hydrogens is 529 g/mol. The van der Waals surface area contributed by atoms with Gasteiger partial charge in [0.15, 0.2) is 0 Å². The highest BCUT2D eigenvalue weighted by Gasteiger charge is 2.69. The molecule has 4 fully saturated rings. The smallest absolute Gasteiger partial charge is 0.268 e. The summed E-state index contributed by atoms with van der Waals surface area (Å²) in [5.74, 6) is -2.12. The van der Waals surface area contributed by atoms with Crippen LogP contribution < -0.4 is 16.0 Å². The Morgan fingerprint density at radius 3 is 2.66 bits per heavy atom. The first-order valence-corrected chi connectivity index (χ1v) is 14.5. The van der Waals surface area contributed by atoms with Crippen molar-refractivity contribution in [2.75, 3.05) is 13.1 Å². The van der Waals surface area contributed by atoms with E-state index in [-0.39, 0.29) is 53.0 Å². The second-order valence-electron chi connectivity index (χ2n) is 12.7. The lowest BCUT2D eigenvalue weighted by Gasteiger charge is -2.34. The molecule has 2 saturated heterocycles. The van der Waals surface area contributed by atoms with Gasteiger partial charge in [-0.25, -0.2) is 4.39 Å². The van der Waals surface area contributed by atoms with Crippen LogP contribution in [0.3, 0.4) is 0 Å². The van der Waals surface area contributed by atoms with Crippen LogP contribution >= 0.6 is 0 Å². The van der Waals surface area contributed by atoms with Crippen molar-refractivity contribution in [1.29, 1.82) is 0 Å². The normalized spacial score (nSPS) is 27.9. The van der Waals surface area contributed by atoms with Crippen molar-refractivity contribution in [3.05, 3.63) is 35.8 Å². The molecule has 2 saturated carbocycles. The molecule has 218 valence electrons. The Morgan fingerprint density at radius 1 is 1.20 bits per heavy atom. The van der Waals surface area contributed by atoms with E-state index in [4.69, 9.17) is 0 Å². The number of fused-ring (bicyclic) bond motifs is 2. The summed E-state index contributed by atoms with van der Waals surface area (Å²) in [5.41, 5.74) is 0.508. The van der Waals surface area contributed by atoms with E-state index in [2.05, 4.69) is 34.8 Å². The summed E-state index contributed by atoms with van der Waals surface area (Å²) in [5, 5.41) is 8.77. The highest BCUT2D eigenvalue weighted by atomic mass is 19.1. The molecule has 2 aliphatic heterocycles. The van der Waals surface area contributed by atoms with Gasteiger partial charge >= 0.3 is 0 Å². The highest BCUT2D eigenvalue weighted by Crippen LogP contribution is 2.65. The maximum Gasteiger partial charge on any atom is 0.268 e. The van der Waals surface area contributed by atoms with E-state index in [0.717, 1.165) is 19.3 Å². The zero-order chi connectivity index (χ0) is 29.1. The number of carbonyl (C=O) groups excluding carboxylic acids is 5. The number of halogens is 1. The van der Waals surface area contributed by atoms with Crippen molar-refractivity contribution in [1.82, 2.24) is 25.8 Å². The van der Waals surface area contributed by atoms with Gasteiger partial charge in [-0.1, -0.05) is 19.9 Å². The molecule has 4 aliphatic rings. The lowest BCUT2D eigenvalue weighted by Crippen LogP contribution is -2.57. The molecule has 6 rings (SSSR count). The molecule has 11 heteroatoms. The number of hydrogen-bond donors (Lipinski definition) is 4. The zero-order valence-corrected chi connectivity index (χ0v) is 23.2. The second-order valence-corrected chi connectivity index (χ2v) is 12.7. The predicted molar refractivity (Wildman–Crippen MR) is 147 cm³/mol. The molecule has 3 heterocycles. The number of aromatic nitrogens is 1. The number of nitrogens with zero attached hydrogens (tertiary/aromatic N) is 1. The summed E-state index contributed by atoms with van der Waals surface area (Å²) in [6.07, 6.45) is 3.90. The maximum absolute atomic E-state index is 14.2. The third-order valence-corrected chi connectivity index (χ3v) is 9.69. The van der Waals surface area contributed by atoms with E-state index in [0.29, 0.717) is 36.7 Å². The van der Waals surface area contributed by atoms with Crippen LogP contribution in [0.15, 0.2) is 24.3 Å². The standard InChI is InChI=1S/C30H36FN5O5/c1-30(2)19-13-36(25(23(19)30)28(40)33-17(14-37)11-16-5-4-10-32-26(16)38)29(41)24(15-8-9-15)35-27(39)22-12-18-20(31)6-3-7-21(18)34-22/h3,6-7,12,14-17,19,23-25,34H,4-5,8-11,13H2,1-2H3,(H,32,38)(H,33,40)(H,35,39)/t16-,17-,19-,23-,24-,25-/m0/s1. The minimum Gasteiger partial charge on any atom is -0.356 e. The number of amides is 4. The largest absolute Gasteiger partial charge is 0.356 e. The molecule has 4 amide bonds. The summed E-state index contributed by atoms with van der Waals surface area (Å²) in [4.78, 5) is 69.5. The lowest BCUT2D eigenvalue weighted by atomic mass is 9.91. The highest BCUT2D eigenvalue weighted by molar-refractivity contribution is 6.01. The Hall–Kier alpha value is -3.76. The van der Waals surface area contributed by atoms with Crippen molar-refractivity contribution in [3.8, 4) is 0 Å². The third kappa shape index (κ3) is 4.99. The van der Waals surface area contributed by atoms with Crippen LogP contribution in [0, 0.1) is 34.9 Å². The van der Waals surface area contributed by atoms with Crippen LogP contribution in [0.25, 0.3) is 10.9 Å². The van der Waals surface area contributed by atoms with E-state index >= 15 is 0 Å². The van der Waals surface area contributed by atoms with Gasteiger partial charge in [0.1, 0.15) is 29.9 Å². The molecule has 4 N–H and O–H groups in total. The van der Waals surface area contributed by atoms with Gasteiger partial charge < -0.3 is 30.6 Å². The van der Waals surface area contributed by atoms with Gasteiger partial charge in [-0.2, -0.15) is 0 Å². The molecule has 2 aliphatic carbocycles. The van der Waals surface area contributed by atoms with Gasteiger partial charge in [0, 0.05) is 29.9 Å². The van der Waals surface area contributed by atoms with Gasteiger partial charge in [-0.05, 0) is 73.5 Å². The average Bonchev–Trinajstić information content (AvgIpc) is 3.72. The van der Waals surface area contributed by atoms with Gasteiger partial charge in [0.2, 0.25) is 17.7 Å². The molecule has 0 bridgehead atoms. The summed E-state index contributed by atoms with van der Waals surface area (Å²) in [6.45, 7) is 5.15. The van der Waals surface area contributed by atoms with Gasteiger partial charge in [-0.15, -0.1) is 0 Å². The van der Waals surface area contributed by atoms with Crippen molar-refractivity contribution >= 4 is 40.8 Å². The van der Waals surface area contributed by atoms with E-state index in [1.807, 2.05) is 0 Å². The molecule has 0 unspecified atom stereocenters. The maximum atomic E-state index is 14.2. The number of piperidine rings is 2. The SMILES string of the molecule is CC1(C)[C@@H]2[C@@H](C(=O)N[C@H](C=O)C[C@@H]3CCCNC3=O)N(C(=O)[C@@H](NC(=O)c3cc4c(F)cccc4[nH]3)C3CC3)C[C@@H]21. The fourth-order valence-corrected chi connectivity index (χ4v) is 7.05. The van der Waals surface area contributed by atoms with Gasteiger partial charge in [0.25, 0.3) is 5.91 Å². The minimum atomic E-state index is -0.837. The van der Waals surface area contributed by atoms with Crippen LogP contribution in [-0.2, 0) is 19.2 Å². The summed E-state index contributed by atoms with van der Waals surface area (Å²) in [7, 11) is 0. The first-order chi connectivity index (χ1) is 19.6. The number of hydrogen-bond acceptors (Lipinski definition) is 5. The van der Waals surface area contributed by atoms with Crippen molar-refractivity contribution in [2.45, 2.75) is 64.1 Å². The summed E-state index contributed by atoms with van der Waals surface area (Å²) < 4.78 is 14.2. The van der Waals surface area contributed by atoms with Crippen molar-refractivity contribution in [2.24, 2.45) is 29.1 Å². The Kier molecular flexibility index (Phi) is 6.86. The Morgan fingerprint density at radius 2 is 1.98 bits per heavy atom. The quantitative estimate of drug-likeness (QED) is 0.344. The number of nitrogens with one attached hydrogen (secondary N) is 4. The molecule has 1 aromatic heterocycles. The van der Waals surface area contributed by atoms with Crippen LogP contribution in [0.1, 0.15) is 56.4 Å². The molecule has 0 spiro atoms. The van der Waals surface area contributed by atoms with Crippen LogP contribution in [0.5, 0.6) is 0 Å². The van der Waals surface area contributed by atoms with Crippen LogP contribution in [0.2, 0.25) is 0 Å². The van der Waals surface area contributed by atoms with Gasteiger partial charge in [0.05, 0.1) is 6.04 Å². The number of aldehydes is 1. The fraction of sp³-hybridized carbons (Fsp3) is 0.567. The van der Waals surface area contributed by atoms with Crippen molar-refractivity contribution < 1.29 is 28.4 Å². The molecule has 1 aromatic carbocycles. The zero-order valence-electron chi connectivity index (χ0n) is 23.2. The van der Waals surface area contributed by atoms with E-state index in [9.17, 15) is 28.4 Å². The second kappa shape index (κ2) is 10.3. The third-order valence-electron chi connectivity index (χ3n) is 9.69. The number of carbonyl (C=O) groups is 5. The van der Waals surface area contributed by atoms with E-state index in [1.54, 1.807) is 17.0 Å². The van der Waals surface area contributed by atoms with E-state index in [1.165, 1.54) is 12.1 Å². The van der Waals surface area contributed by atoms with E-state index < -0.39 is 35.8 Å². The molecule has 0 radical (unpaired) electrons. The minimum absolute atomic E-state index is 0.0475. The number of rotatable bonds is 9. The Labute approximate surface area is 237 Å². The fourth-order valence-electron chi connectivity index (χ4n) is 7.05. The predicted octanol–water partition coefficient (Wildman–Crippen LogP) is 1.90.